The average molecular weight is 648 g/mol. The van der Waals surface area contributed by atoms with Crippen LogP contribution in [0.3, 0.4) is 0 Å². The van der Waals surface area contributed by atoms with Gasteiger partial charge in [-0.25, -0.2) is 18.2 Å². The molecule has 14 heteroatoms. The molecule has 0 atom stereocenters. The summed E-state index contributed by atoms with van der Waals surface area (Å²) in [4.78, 5) is 41.4. The molecule has 9 nitrogen and oxygen atoms in total. The molecule has 0 saturated carbocycles. The lowest BCUT2D eigenvalue weighted by molar-refractivity contribution is -0.145. The van der Waals surface area contributed by atoms with Gasteiger partial charge in [-0.1, -0.05) is 13.0 Å². The van der Waals surface area contributed by atoms with Gasteiger partial charge < -0.3 is 15.1 Å². The van der Waals surface area contributed by atoms with E-state index in [1.165, 1.54) is 17.1 Å². The summed E-state index contributed by atoms with van der Waals surface area (Å²) in [6.45, 7) is 5.46. The van der Waals surface area contributed by atoms with Crippen LogP contribution in [0, 0.1) is 12.7 Å². The van der Waals surface area contributed by atoms with Crippen molar-refractivity contribution in [2.75, 3.05) is 56.1 Å². The summed E-state index contributed by atoms with van der Waals surface area (Å²) >= 11 is 0. The number of nitrogens with one attached hydrogen (secondary N) is 2. The highest BCUT2D eigenvalue weighted by molar-refractivity contribution is 5.99. The van der Waals surface area contributed by atoms with E-state index in [9.17, 15) is 27.6 Å². The Morgan fingerprint density at radius 3 is 2.37 bits per heavy atom. The number of halogens is 5. The molecule has 238 valence electrons. The number of benzene rings is 2. The molecule has 3 amide bonds. The van der Waals surface area contributed by atoms with E-state index in [0.29, 0.717) is 49.5 Å². The molecule has 0 unspecified atom stereocenters. The maximum Gasteiger partial charge on any atom is 0.256 e. The summed E-state index contributed by atoms with van der Waals surface area (Å²) in [6.07, 6.45) is -2.12. The highest BCUT2D eigenvalue weighted by Gasteiger charge is 2.29. The Morgan fingerprint density at radius 1 is 0.977 bits per heavy atom. The molecule has 0 bridgehead atoms. The topological polar surface area (TPSA) is 88.2 Å². The molecule has 2 heterocycles. The third kappa shape index (κ3) is 8.82. The van der Waals surface area contributed by atoms with Gasteiger partial charge in [-0.05, 0) is 66.4 Å². The molecule has 0 aromatic heterocycles. The molecule has 2 N–H and O–H groups in total. The van der Waals surface area contributed by atoms with Crippen LogP contribution in [0.25, 0.3) is 0 Å². The fraction of sp³-hybridized carbons (Fsp3) is 0.483. The van der Waals surface area contributed by atoms with Gasteiger partial charge >= 0.3 is 0 Å². The van der Waals surface area contributed by atoms with Crippen LogP contribution in [-0.2, 0) is 33.9 Å². The number of likely N-dealkylation sites (N-methyl/N-ethyl adjacent to an activating group) is 2. The van der Waals surface area contributed by atoms with E-state index < -0.39 is 13.0 Å². The fourth-order valence-corrected chi connectivity index (χ4v) is 5.26. The van der Waals surface area contributed by atoms with Crippen molar-refractivity contribution in [2.24, 2.45) is 0 Å². The van der Waals surface area contributed by atoms with Crippen LogP contribution in [-0.4, -0.2) is 80.5 Å². The van der Waals surface area contributed by atoms with E-state index in [4.69, 9.17) is 0 Å². The van der Waals surface area contributed by atoms with Gasteiger partial charge in [0.05, 0.1) is 19.6 Å². The zero-order valence-electron chi connectivity index (χ0n) is 24.5. The minimum absolute atomic E-state index is 0. The predicted octanol–water partition coefficient (Wildman–Crippen LogP) is 3.44. The summed E-state index contributed by atoms with van der Waals surface area (Å²) in [5.74, 6) is -1.14. The number of hydrogen-bond donors (Lipinski definition) is 2. The van der Waals surface area contributed by atoms with Gasteiger partial charge in [-0.15, -0.1) is 24.8 Å². The van der Waals surface area contributed by atoms with Crippen LogP contribution in [0.4, 0.5) is 24.5 Å². The van der Waals surface area contributed by atoms with Crippen molar-refractivity contribution in [3.8, 4) is 0 Å². The van der Waals surface area contributed by atoms with Crippen molar-refractivity contribution in [2.45, 2.75) is 46.2 Å². The lowest BCUT2D eigenvalue weighted by Gasteiger charge is -2.32. The van der Waals surface area contributed by atoms with Gasteiger partial charge in [0.2, 0.25) is 11.8 Å². The van der Waals surface area contributed by atoms with Crippen LogP contribution in [0.5, 0.6) is 0 Å². The van der Waals surface area contributed by atoms with Gasteiger partial charge in [-0.2, -0.15) is 0 Å². The normalized spacial score (nSPS) is 14.1. The number of rotatable bonds is 12. The molecular weight excluding hydrogens is 608 g/mol. The molecule has 0 aliphatic carbocycles. The number of carbonyl (C=O) groups excluding carboxylic acids is 3. The van der Waals surface area contributed by atoms with Crippen LogP contribution < -0.4 is 20.4 Å². The number of nitrogens with zero attached hydrogens (tertiary/aromatic N) is 4. The Bertz CT molecular complexity index is 1300. The van der Waals surface area contributed by atoms with Crippen molar-refractivity contribution in [1.82, 2.24) is 20.7 Å². The fourth-order valence-electron chi connectivity index (χ4n) is 5.26. The summed E-state index contributed by atoms with van der Waals surface area (Å²) in [5, 5.41) is 9.46. The maximum absolute atomic E-state index is 13.6. The number of hydrazine groups is 1. The second-order valence-electron chi connectivity index (χ2n) is 10.3. The molecule has 0 saturated heterocycles. The van der Waals surface area contributed by atoms with Gasteiger partial charge in [0, 0.05) is 51.0 Å². The third-order valence-electron chi connectivity index (χ3n) is 7.48. The summed E-state index contributed by atoms with van der Waals surface area (Å²) in [6, 6.07) is 8.11. The van der Waals surface area contributed by atoms with Crippen LogP contribution in [0.2, 0.25) is 0 Å². The van der Waals surface area contributed by atoms with Crippen molar-refractivity contribution in [1.29, 1.82) is 0 Å². The second kappa shape index (κ2) is 16.2. The van der Waals surface area contributed by atoms with E-state index >= 15 is 0 Å². The average Bonchev–Trinajstić information content (AvgIpc) is 3.35. The van der Waals surface area contributed by atoms with Crippen LogP contribution in [0.1, 0.15) is 35.6 Å². The molecule has 0 radical (unpaired) electrons. The first kappa shape index (κ1) is 36.3. The van der Waals surface area contributed by atoms with Gasteiger partial charge in [0.25, 0.3) is 12.3 Å². The van der Waals surface area contributed by atoms with Gasteiger partial charge in [0.1, 0.15) is 5.82 Å². The van der Waals surface area contributed by atoms with E-state index in [2.05, 4.69) is 10.6 Å². The Morgan fingerprint density at radius 2 is 1.67 bits per heavy atom. The van der Waals surface area contributed by atoms with Crippen molar-refractivity contribution < 1.29 is 27.6 Å². The first-order chi connectivity index (χ1) is 19.6. The Balaban J connectivity index is 0.00000323. The van der Waals surface area contributed by atoms with Gasteiger partial charge in [0.15, 0.2) is 0 Å². The largest absolute Gasteiger partial charge is 0.315 e. The Labute approximate surface area is 262 Å². The first-order valence-electron chi connectivity index (χ1n) is 13.8. The maximum atomic E-state index is 13.6. The lowest BCUT2D eigenvalue weighted by atomic mass is 9.97. The van der Waals surface area contributed by atoms with Crippen molar-refractivity contribution in [3.05, 3.63) is 58.4 Å². The molecule has 0 spiro atoms. The van der Waals surface area contributed by atoms with E-state index in [-0.39, 0.29) is 67.9 Å². The van der Waals surface area contributed by atoms with E-state index in [0.717, 1.165) is 28.1 Å². The summed E-state index contributed by atoms with van der Waals surface area (Å²) < 4.78 is 39.9. The minimum atomic E-state index is -2.65. The monoisotopic (exact) mass is 646 g/mol. The summed E-state index contributed by atoms with van der Waals surface area (Å²) in [7, 11) is 1.65. The molecule has 0 fully saturated rings. The van der Waals surface area contributed by atoms with Crippen LogP contribution >= 0.6 is 24.8 Å². The van der Waals surface area contributed by atoms with Crippen molar-refractivity contribution in [3.63, 3.8) is 0 Å². The number of amides is 3. The minimum Gasteiger partial charge on any atom is -0.315 e. The number of aryl methyl sites for hydroxylation is 2. The zero-order valence-corrected chi connectivity index (χ0v) is 26.1. The quantitative estimate of drug-likeness (QED) is 0.344. The molecule has 2 aromatic carbocycles. The first-order valence-corrected chi connectivity index (χ1v) is 13.8. The molecule has 43 heavy (non-hydrogen) atoms. The number of alkyl halides is 2. The third-order valence-corrected chi connectivity index (χ3v) is 7.48. The smallest absolute Gasteiger partial charge is 0.256 e. The Kier molecular flexibility index (Phi) is 13.7. The highest BCUT2D eigenvalue weighted by Crippen LogP contribution is 2.35. The highest BCUT2D eigenvalue weighted by atomic mass is 35.5. The lowest BCUT2D eigenvalue weighted by Crippen LogP contribution is -2.47. The standard InChI is InChI=1S/C29H37F3N6O3.2ClH/c1-4-33-9-10-37(24-13-20-6-8-27(39)38(18-26(31)32)25(20)11-19(24)2)29(41)15-34-14-28(40)35(3)36-16-21-5-7-23(30)12-22(21)17-36;;/h5,7,11-13,26,33-34H,4,6,8-10,14-18H2,1-3H3;2*1H. The zero-order chi connectivity index (χ0) is 29.7. The molecule has 2 aromatic rings. The predicted molar refractivity (Wildman–Crippen MR) is 165 cm³/mol. The summed E-state index contributed by atoms with van der Waals surface area (Å²) in [5.41, 5.74) is 4.33. The number of carbonyl (C=O) groups is 3. The van der Waals surface area contributed by atoms with E-state index in [1.54, 1.807) is 31.0 Å². The number of anilines is 2. The van der Waals surface area contributed by atoms with Crippen molar-refractivity contribution >= 4 is 53.9 Å². The number of hydrogen-bond acceptors (Lipinski definition) is 6. The molecule has 2 aliphatic heterocycles. The molecule has 2 aliphatic rings. The SMILES string of the molecule is CCNCCN(C(=O)CNCC(=O)N(C)N1Cc2ccc(F)cc2C1)c1cc2c(cc1C)N(CC(F)F)C(=O)CC2.Cl.Cl. The molecular formula is C29H39Cl2F3N6O3. The van der Waals surface area contributed by atoms with Gasteiger partial charge in [-0.3, -0.25) is 24.7 Å². The number of fused-ring (bicyclic) bond motifs is 2. The van der Waals surface area contributed by atoms with E-state index in [1.807, 2.05) is 18.0 Å². The second-order valence-corrected chi connectivity index (χ2v) is 10.3. The van der Waals surface area contributed by atoms with Crippen LogP contribution in [0.15, 0.2) is 30.3 Å². The molecule has 4 rings (SSSR count). The Hall–Kier alpha value is -2.90.